The van der Waals surface area contributed by atoms with Crippen LogP contribution in [-0.4, -0.2) is 26.7 Å². The fraction of sp³-hybridized carbons (Fsp3) is 0.350. The molecule has 4 nitrogen and oxygen atoms in total. The summed E-state index contributed by atoms with van der Waals surface area (Å²) in [7, 11) is 3.19. The minimum atomic E-state index is 0.0159. The molecule has 2 rings (SSSR count). The van der Waals surface area contributed by atoms with Crippen LogP contribution < -0.4 is 14.8 Å². The largest absolute Gasteiger partial charge is 0.493 e. The van der Waals surface area contributed by atoms with Gasteiger partial charge >= 0.3 is 0 Å². The van der Waals surface area contributed by atoms with E-state index in [1.807, 2.05) is 36.4 Å². The fourth-order valence-electron chi connectivity index (χ4n) is 2.62. The first kappa shape index (κ1) is 17.9. The lowest BCUT2D eigenvalue weighted by molar-refractivity contribution is -0.120. The highest BCUT2D eigenvalue weighted by molar-refractivity contribution is 5.78. The van der Waals surface area contributed by atoms with Gasteiger partial charge in [0.25, 0.3) is 0 Å². The van der Waals surface area contributed by atoms with Crippen molar-refractivity contribution in [3.8, 4) is 11.5 Å². The molecule has 0 bridgehead atoms. The van der Waals surface area contributed by atoms with E-state index in [-0.39, 0.29) is 5.91 Å². The molecule has 0 fully saturated rings. The number of hydrogen-bond acceptors (Lipinski definition) is 3. The van der Waals surface area contributed by atoms with Crippen LogP contribution in [-0.2, 0) is 17.6 Å². The predicted molar refractivity (Wildman–Crippen MR) is 95.6 cm³/mol. The second-order valence-electron chi connectivity index (χ2n) is 5.97. The molecular weight excluding hydrogens is 302 g/mol. The standard InChI is InChI=1S/C20H25NO3/c1-15(11-16-7-5-4-6-8-16)14-21-20(22)13-17-9-10-18(23-2)19(12-17)24-3/h4-10,12,15H,11,13-14H2,1-3H3,(H,21,22). The van der Waals surface area contributed by atoms with Crippen molar-refractivity contribution < 1.29 is 14.3 Å². The summed E-state index contributed by atoms with van der Waals surface area (Å²) >= 11 is 0. The molecule has 0 radical (unpaired) electrons. The number of carbonyl (C=O) groups excluding carboxylic acids is 1. The number of carbonyl (C=O) groups is 1. The van der Waals surface area contributed by atoms with Gasteiger partial charge in [0.1, 0.15) is 0 Å². The Morgan fingerprint density at radius 1 is 1.00 bits per heavy atom. The molecule has 2 aromatic rings. The fourth-order valence-corrected chi connectivity index (χ4v) is 2.62. The number of ether oxygens (including phenoxy) is 2. The van der Waals surface area contributed by atoms with Crippen LogP contribution in [0.2, 0.25) is 0 Å². The Morgan fingerprint density at radius 2 is 1.71 bits per heavy atom. The Bertz CT molecular complexity index is 655. The summed E-state index contributed by atoms with van der Waals surface area (Å²) in [6.07, 6.45) is 1.29. The molecule has 2 aromatic carbocycles. The van der Waals surface area contributed by atoms with Crippen molar-refractivity contribution in [3.63, 3.8) is 0 Å². The number of nitrogens with one attached hydrogen (secondary N) is 1. The Labute approximate surface area is 143 Å². The monoisotopic (exact) mass is 327 g/mol. The molecular formula is C20H25NO3. The van der Waals surface area contributed by atoms with Gasteiger partial charge in [-0.15, -0.1) is 0 Å². The lowest BCUT2D eigenvalue weighted by Gasteiger charge is -2.13. The zero-order chi connectivity index (χ0) is 17.4. The summed E-state index contributed by atoms with van der Waals surface area (Å²) in [6, 6.07) is 15.9. The molecule has 0 saturated carbocycles. The van der Waals surface area contributed by atoms with Crippen LogP contribution in [0.15, 0.2) is 48.5 Å². The van der Waals surface area contributed by atoms with Crippen LogP contribution in [0.25, 0.3) is 0 Å². The summed E-state index contributed by atoms with van der Waals surface area (Å²) in [6.45, 7) is 2.81. The quantitative estimate of drug-likeness (QED) is 0.810. The lowest BCUT2D eigenvalue weighted by Crippen LogP contribution is -2.30. The smallest absolute Gasteiger partial charge is 0.224 e. The van der Waals surface area contributed by atoms with Gasteiger partial charge in [0.15, 0.2) is 11.5 Å². The van der Waals surface area contributed by atoms with Crippen molar-refractivity contribution in [1.29, 1.82) is 0 Å². The van der Waals surface area contributed by atoms with Crippen molar-refractivity contribution in [2.75, 3.05) is 20.8 Å². The minimum Gasteiger partial charge on any atom is -0.493 e. The zero-order valence-electron chi connectivity index (χ0n) is 14.5. The highest BCUT2D eigenvalue weighted by Crippen LogP contribution is 2.27. The topological polar surface area (TPSA) is 47.6 Å². The molecule has 1 amide bonds. The van der Waals surface area contributed by atoms with Gasteiger partial charge in [0.2, 0.25) is 5.91 Å². The molecule has 0 aliphatic heterocycles. The van der Waals surface area contributed by atoms with Crippen molar-refractivity contribution in [3.05, 3.63) is 59.7 Å². The first-order valence-electron chi connectivity index (χ1n) is 8.14. The van der Waals surface area contributed by atoms with E-state index >= 15 is 0 Å². The normalized spacial score (nSPS) is 11.6. The first-order valence-corrected chi connectivity index (χ1v) is 8.14. The maximum atomic E-state index is 12.1. The SMILES string of the molecule is COc1ccc(CC(=O)NCC(C)Cc2ccccc2)cc1OC. The maximum Gasteiger partial charge on any atom is 0.224 e. The Balaban J connectivity index is 1.82. The van der Waals surface area contributed by atoms with Crippen LogP contribution in [0.5, 0.6) is 11.5 Å². The molecule has 1 atom stereocenters. The third kappa shape index (κ3) is 5.30. The van der Waals surface area contributed by atoms with Crippen molar-refractivity contribution in [2.45, 2.75) is 19.8 Å². The number of methoxy groups -OCH3 is 2. The van der Waals surface area contributed by atoms with Gasteiger partial charge in [-0.1, -0.05) is 43.3 Å². The van der Waals surface area contributed by atoms with Gasteiger partial charge in [0, 0.05) is 6.54 Å². The zero-order valence-corrected chi connectivity index (χ0v) is 14.5. The van der Waals surface area contributed by atoms with Gasteiger partial charge < -0.3 is 14.8 Å². The van der Waals surface area contributed by atoms with E-state index < -0.39 is 0 Å². The second kappa shape index (κ2) is 8.96. The third-order valence-electron chi connectivity index (χ3n) is 3.89. The minimum absolute atomic E-state index is 0.0159. The molecule has 0 spiro atoms. The van der Waals surface area contributed by atoms with E-state index in [2.05, 4.69) is 24.4 Å². The van der Waals surface area contributed by atoms with Crippen LogP contribution in [0, 0.1) is 5.92 Å². The molecule has 4 heteroatoms. The average Bonchev–Trinajstić information content (AvgIpc) is 2.60. The Morgan fingerprint density at radius 3 is 2.38 bits per heavy atom. The average molecular weight is 327 g/mol. The molecule has 0 aliphatic rings. The highest BCUT2D eigenvalue weighted by atomic mass is 16.5. The summed E-state index contributed by atoms with van der Waals surface area (Å²) in [5, 5.41) is 3.01. The number of amides is 1. The van der Waals surface area contributed by atoms with Gasteiger partial charge in [-0.2, -0.15) is 0 Å². The summed E-state index contributed by atoms with van der Waals surface area (Å²) in [5.41, 5.74) is 2.19. The van der Waals surface area contributed by atoms with E-state index in [0.29, 0.717) is 30.4 Å². The Kier molecular flexibility index (Phi) is 6.67. The van der Waals surface area contributed by atoms with Crippen molar-refractivity contribution in [2.24, 2.45) is 5.92 Å². The van der Waals surface area contributed by atoms with Crippen molar-refractivity contribution in [1.82, 2.24) is 5.32 Å². The molecule has 0 aliphatic carbocycles. The molecule has 1 N–H and O–H groups in total. The van der Waals surface area contributed by atoms with Gasteiger partial charge in [-0.3, -0.25) is 4.79 Å². The van der Waals surface area contributed by atoms with Crippen LogP contribution in [0.3, 0.4) is 0 Å². The summed E-state index contributed by atoms with van der Waals surface area (Å²) in [5.74, 6) is 1.71. The Hall–Kier alpha value is -2.49. The van der Waals surface area contributed by atoms with Crippen LogP contribution in [0.4, 0.5) is 0 Å². The van der Waals surface area contributed by atoms with Crippen LogP contribution >= 0.6 is 0 Å². The second-order valence-corrected chi connectivity index (χ2v) is 5.97. The molecule has 128 valence electrons. The molecule has 1 unspecified atom stereocenters. The molecule has 24 heavy (non-hydrogen) atoms. The predicted octanol–water partition coefficient (Wildman–Crippen LogP) is 3.24. The van der Waals surface area contributed by atoms with Gasteiger partial charge in [0.05, 0.1) is 20.6 Å². The van der Waals surface area contributed by atoms with Gasteiger partial charge in [-0.25, -0.2) is 0 Å². The molecule has 0 aromatic heterocycles. The van der Waals surface area contributed by atoms with E-state index in [4.69, 9.17) is 9.47 Å². The van der Waals surface area contributed by atoms with E-state index in [1.54, 1.807) is 14.2 Å². The van der Waals surface area contributed by atoms with Crippen molar-refractivity contribution >= 4 is 5.91 Å². The number of rotatable bonds is 8. The molecule has 0 heterocycles. The third-order valence-corrected chi connectivity index (χ3v) is 3.89. The van der Waals surface area contributed by atoms with E-state index in [0.717, 1.165) is 12.0 Å². The lowest BCUT2D eigenvalue weighted by atomic mass is 10.0. The number of benzene rings is 2. The highest BCUT2D eigenvalue weighted by Gasteiger charge is 2.10. The summed E-state index contributed by atoms with van der Waals surface area (Å²) < 4.78 is 10.5. The maximum absolute atomic E-state index is 12.1. The molecule has 0 saturated heterocycles. The first-order chi connectivity index (χ1) is 11.6. The van der Waals surface area contributed by atoms with Gasteiger partial charge in [-0.05, 0) is 35.6 Å². The summed E-state index contributed by atoms with van der Waals surface area (Å²) in [4.78, 5) is 12.1. The van der Waals surface area contributed by atoms with Crippen LogP contribution in [0.1, 0.15) is 18.1 Å². The van der Waals surface area contributed by atoms with E-state index in [1.165, 1.54) is 5.56 Å². The number of hydrogen-bond donors (Lipinski definition) is 1. The van der Waals surface area contributed by atoms with E-state index in [9.17, 15) is 4.79 Å².